The van der Waals surface area contributed by atoms with E-state index in [1.807, 2.05) is 17.8 Å². The van der Waals surface area contributed by atoms with Crippen LogP contribution in [0.2, 0.25) is 0 Å². The van der Waals surface area contributed by atoms with E-state index in [0.717, 1.165) is 17.3 Å². The Morgan fingerprint density at radius 2 is 2.09 bits per heavy atom. The predicted molar refractivity (Wildman–Crippen MR) is 102 cm³/mol. The second-order valence-electron chi connectivity index (χ2n) is 5.06. The van der Waals surface area contributed by atoms with Crippen molar-refractivity contribution in [1.29, 1.82) is 0 Å². The summed E-state index contributed by atoms with van der Waals surface area (Å²) in [5.74, 6) is 1.24. The van der Waals surface area contributed by atoms with Crippen LogP contribution in [0.15, 0.2) is 22.6 Å². The highest BCUT2D eigenvalue weighted by molar-refractivity contribution is 14.0. The molecule has 2 aromatic rings. The monoisotopic (exact) mass is 434 g/mol. The second kappa shape index (κ2) is 9.09. The Kier molecular flexibility index (Phi) is 7.80. The number of thiazole rings is 1. The van der Waals surface area contributed by atoms with Crippen LogP contribution in [0.1, 0.15) is 36.2 Å². The minimum absolute atomic E-state index is 0. The van der Waals surface area contributed by atoms with Crippen molar-refractivity contribution >= 4 is 41.3 Å². The predicted octanol–water partition coefficient (Wildman–Crippen LogP) is 2.48. The SMILES string of the molecule is CN=C(NCc1csc(C(C)C)n1)NCc1ccnn1C.I. The van der Waals surface area contributed by atoms with Gasteiger partial charge in [0.2, 0.25) is 0 Å². The molecule has 0 radical (unpaired) electrons. The molecule has 0 aromatic carbocycles. The smallest absolute Gasteiger partial charge is 0.191 e. The molecule has 0 spiro atoms. The second-order valence-corrected chi connectivity index (χ2v) is 5.95. The number of aromatic nitrogens is 3. The molecule has 122 valence electrons. The zero-order chi connectivity index (χ0) is 15.2. The lowest BCUT2D eigenvalue weighted by atomic mass is 10.2. The van der Waals surface area contributed by atoms with Crippen LogP contribution in [0, 0.1) is 0 Å². The van der Waals surface area contributed by atoms with E-state index in [1.54, 1.807) is 24.6 Å². The summed E-state index contributed by atoms with van der Waals surface area (Å²) in [5, 5.41) is 13.9. The van der Waals surface area contributed by atoms with Gasteiger partial charge in [-0.1, -0.05) is 13.8 Å². The summed E-state index contributed by atoms with van der Waals surface area (Å²) in [6.07, 6.45) is 1.79. The number of hydrogen-bond acceptors (Lipinski definition) is 4. The van der Waals surface area contributed by atoms with Crippen LogP contribution in [0.5, 0.6) is 0 Å². The third kappa shape index (κ3) is 5.24. The summed E-state index contributed by atoms with van der Waals surface area (Å²) >= 11 is 1.71. The van der Waals surface area contributed by atoms with Gasteiger partial charge in [0.15, 0.2) is 5.96 Å². The van der Waals surface area contributed by atoms with Crippen molar-refractivity contribution in [3.63, 3.8) is 0 Å². The zero-order valence-corrected chi connectivity index (χ0v) is 16.5. The van der Waals surface area contributed by atoms with E-state index < -0.39 is 0 Å². The quantitative estimate of drug-likeness (QED) is 0.431. The molecule has 2 N–H and O–H groups in total. The molecule has 0 saturated carbocycles. The summed E-state index contributed by atoms with van der Waals surface area (Å²) < 4.78 is 1.84. The fourth-order valence-electron chi connectivity index (χ4n) is 1.81. The van der Waals surface area contributed by atoms with Gasteiger partial charge in [-0.25, -0.2) is 4.98 Å². The number of hydrogen-bond donors (Lipinski definition) is 2. The standard InChI is InChI=1S/C14H22N6S.HI/c1-10(2)13-19-11(9-21-13)7-16-14(15-3)17-8-12-5-6-18-20(12)4;/h5-6,9-10H,7-8H2,1-4H3,(H2,15,16,17);1H. The molecule has 0 unspecified atom stereocenters. The summed E-state index contributed by atoms with van der Waals surface area (Å²) in [6, 6.07) is 1.98. The lowest BCUT2D eigenvalue weighted by Gasteiger charge is -2.11. The maximum absolute atomic E-state index is 4.60. The molecule has 0 atom stereocenters. The molecule has 6 nitrogen and oxygen atoms in total. The fraction of sp³-hybridized carbons (Fsp3) is 0.500. The van der Waals surface area contributed by atoms with Gasteiger partial charge in [0.1, 0.15) is 0 Å². The van der Waals surface area contributed by atoms with Gasteiger partial charge >= 0.3 is 0 Å². The van der Waals surface area contributed by atoms with E-state index in [9.17, 15) is 0 Å². The van der Waals surface area contributed by atoms with Gasteiger partial charge in [-0.05, 0) is 6.07 Å². The van der Waals surface area contributed by atoms with Crippen molar-refractivity contribution < 1.29 is 0 Å². The summed E-state index contributed by atoms with van der Waals surface area (Å²) in [4.78, 5) is 8.81. The van der Waals surface area contributed by atoms with Crippen molar-refractivity contribution in [2.24, 2.45) is 12.0 Å². The molecule has 2 rings (SSSR count). The molecule has 8 heteroatoms. The minimum atomic E-state index is 0. The highest BCUT2D eigenvalue weighted by Crippen LogP contribution is 2.18. The molecular formula is C14H23IN6S. The number of guanidine groups is 1. The molecule has 22 heavy (non-hydrogen) atoms. The fourth-order valence-corrected chi connectivity index (χ4v) is 2.65. The summed E-state index contributed by atoms with van der Waals surface area (Å²) in [5.41, 5.74) is 2.15. The number of nitrogens with one attached hydrogen (secondary N) is 2. The van der Waals surface area contributed by atoms with Crippen LogP contribution in [0.3, 0.4) is 0 Å². The molecule has 0 aliphatic rings. The van der Waals surface area contributed by atoms with E-state index in [0.29, 0.717) is 19.0 Å². The number of nitrogens with zero attached hydrogens (tertiary/aromatic N) is 4. The van der Waals surface area contributed by atoms with E-state index in [2.05, 4.69) is 44.9 Å². The average molecular weight is 434 g/mol. The van der Waals surface area contributed by atoms with Crippen molar-refractivity contribution in [1.82, 2.24) is 25.4 Å². The normalized spacial score (nSPS) is 11.4. The molecule has 2 aromatic heterocycles. The van der Waals surface area contributed by atoms with Crippen molar-refractivity contribution in [2.45, 2.75) is 32.9 Å². The van der Waals surface area contributed by atoms with Gasteiger partial charge in [0.25, 0.3) is 0 Å². The Balaban J connectivity index is 0.00000242. The van der Waals surface area contributed by atoms with E-state index >= 15 is 0 Å². The Bertz CT molecular complexity index is 604. The number of halogens is 1. The lowest BCUT2D eigenvalue weighted by Crippen LogP contribution is -2.36. The first-order chi connectivity index (χ1) is 10.1. The molecule has 0 aliphatic heterocycles. The van der Waals surface area contributed by atoms with Crippen LogP contribution in [0.4, 0.5) is 0 Å². The highest BCUT2D eigenvalue weighted by atomic mass is 127. The number of rotatable bonds is 5. The van der Waals surface area contributed by atoms with Crippen molar-refractivity contribution in [3.05, 3.63) is 34.0 Å². The molecule has 2 heterocycles. The third-order valence-electron chi connectivity index (χ3n) is 3.08. The van der Waals surface area contributed by atoms with Crippen LogP contribution in [-0.2, 0) is 20.1 Å². The van der Waals surface area contributed by atoms with Gasteiger partial charge in [-0.15, -0.1) is 35.3 Å². The van der Waals surface area contributed by atoms with Crippen LogP contribution in [-0.4, -0.2) is 27.8 Å². The molecular weight excluding hydrogens is 411 g/mol. The van der Waals surface area contributed by atoms with Gasteiger partial charge in [-0.3, -0.25) is 9.67 Å². The van der Waals surface area contributed by atoms with Crippen molar-refractivity contribution in [3.8, 4) is 0 Å². The highest BCUT2D eigenvalue weighted by Gasteiger charge is 2.06. The first-order valence-electron chi connectivity index (χ1n) is 6.96. The van der Waals surface area contributed by atoms with Crippen LogP contribution >= 0.6 is 35.3 Å². The lowest BCUT2D eigenvalue weighted by molar-refractivity contribution is 0.683. The Hall–Kier alpha value is -1.16. The van der Waals surface area contributed by atoms with E-state index in [1.165, 1.54) is 5.01 Å². The zero-order valence-electron chi connectivity index (χ0n) is 13.3. The first kappa shape index (κ1) is 18.9. The molecule has 0 aliphatic carbocycles. The average Bonchev–Trinajstić information content (AvgIpc) is 3.08. The Morgan fingerprint density at radius 1 is 1.36 bits per heavy atom. The minimum Gasteiger partial charge on any atom is -0.351 e. The maximum Gasteiger partial charge on any atom is 0.191 e. The summed E-state index contributed by atoms with van der Waals surface area (Å²) in [6.45, 7) is 5.67. The number of aryl methyl sites for hydroxylation is 1. The van der Waals surface area contributed by atoms with Gasteiger partial charge in [-0.2, -0.15) is 5.10 Å². The maximum atomic E-state index is 4.60. The molecule has 0 saturated heterocycles. The first-order valence-corrected chi connectivity index (χ1v) is 7.83. The van der Waals surface area contributed by atoms with E-state index in [-0.39, 0.29) is 24.0 Å². The summed E-state index contributed by atoms with van der Waals surface area (Å²) in [7, 11) is 3.69. The topological polar surface area (TPSA) is 67.1 Å². The molecule has 0 fully saturated rings. The van der Waals surface area contributed by atoms with E-state index in [4.69, 9.17) is 0 Å². The third-order valence-corrected chi connectivity index (χ3v) is 4.28. The van der Waals surface area contributed by atoms with Crippen molar-refractivity contribution in [2.75, 3.05) is 7.05 Å². The van der Waals surface area contributed by atoms with Gasteiger partial charge in [0, 0.05) is 31.6 Å². The largest absolute Gasteiger partial charge is 0.351 e. The number of aliphatic imine (C=N–C) groups is 1. The van der Waals surface area contributed by atoms with Gasteiger partial charge < -0.3 is 10.6 Å². The Labute approximate surface area is 152 Å². The van der Waals surface area contributed by atoms with Crippen LogP contribution < -0.4 is 10.6 Å². The molecule has 0 bridgehead atoms. The Morgan fingerprint density at radius 3 is 2.64 bits per heavy atom. The van der Waals surface area contributed by atoms with Crippen LogP contribution in [0.25, 0.3) is 0 Å². The van der Waals surface area contributed by atoms with Gasteiger partial charge in [0.05, 0.1) is 29.5 Å². The molecule has 0 amide bonds.